The first kappa shape index (κ1) is 35.6. The van der Waals surface area contributed by atoms with Crippen molar-refractivity contribution >= 4 is 34.6 Å². The van der Waals surface area contributed by atoms with Gasteiger partial charge in [0.1, 0.15) is 17.2 Å². The number of amides is 2. The molecule has 9 nitrogen and oxygen atoms in total. The molecule has 3 aromatic rings. The number of pyridine rings is 1. The second kappa shape index (κ2) is 13.5. The van der Waals surface area contributed by atoms with Crippen LogP contribution in [0.2, 0.25) is 0 Å². The number of aromatic nitrogens is 1. The number of carbonyl (C=O) groups excluding carboxylic acids is 3. The zero-order chi connectivity index (χ0) is 36.1. The Labute approximate surface area is 289 Å². The van der Waals surface area contributed by atoms with Gasteiger partial charge in [-0.1, -0.05) is 12.1 Å². The van der Waals surface area contributed by atoms with Gasteiger partial charge in [0.05, 0.1) is 35.7 Å². The summed E-state index contributed by atoms with van der Waals surface area (Å²) in [6, 6.07) is 10.1. The molecule has 0 radical (unpaired) electrons. The second-order valence-electron chi connectivity index (χ2n) is 14.1. The van der Waals surface area contributed by atoms with Crippen LogP contribution in [0.25, 0.3) is 11.1 Å². The van der Waals surface area contributed by atoms with Crippen molar-refractivity contribution in [2.24, 2.45) is 23.7 Å². The quantitative estimate of drug-likeness (QED) is 0.142. The number of hydrogen-bond acceptors (Lipinski definition) is 7. The lowest BCUT2D eigenvalue weighted by molar-refractivity contribution is -0.156. The van der Waals surface area contributed by atoms with Crippen LogP contribution in [0.1, 0.15) is 68.4 Å². The molecule has 3 aliphatic rings. The van der Waals surface area contributed by atoms with Gasteiger partial charge in [-0.15, -0.1) is 13.2 Å². The van der Waals surface area contributed by atoms with Crippen LogP contribution in [0.3, 0.4) is 0 Å². The lowest BCUT2D eigenvalue weighted by Gasteiger charge is -2.31. The molecular formula is C36H37F4N3O6S. The average Bonchev–Trinajstić information content (AvgIpc) is 3.61. The number of rotatable bonds is 9. The van der Waals surface area contributed by atoms with Crippen molar-refractivity contribution in [3.05, 3.63) is 71.8 Å². The van der Waals surface area contributed by atoms with Gasteiger partial charge in [-0.3, -0.25) is 19.4 Å². The molecule has 2 amide bonds. The van der Waals surface area contributed by atoms with E-state index in [4.69, 9.17) is 9.47 Å². The van der Waals surface area contributed by atoms with Gasteiger partial charge in [0.15, 0.2) is 4.90 Å². The van der Waals surface area contributed by atoms with Crippen LogP contribution in [0.4, 0.5) is 23.2 Å². The summed E-state index contributed by atoms with van der Waals surface area (Å²) >= 11 is -3.26. The number of fused-ring (bicyclic) bond motifs is 2. The third-order valence-corrected chi connectivity index (χ3v) is 10.7. The lowest BCUT2D eigenvalue weighted by Crippen LogP contribution is -2.48. The summed E-state index contributed by atoms with van der Waals surface area (Å²) in [5, 5.41) is 5.63. The molecule has 0 saturated heterocycles. The van der Waals surface area contributed by atoms with E-state index in [1.165, 1.54) is 31.5 Å². The number of nitrogens with one attached hydrogen (secondary N) is 2. The fourth-order valence-corrected chi connectivity index (χ4v) is 7.92. The van der Waals surface area contributed by atoms with Crippen LogP contribution >= 0.6 is 0 Å². The number of anilines is 1. The number of halogens is 4. The summed E-state index contributed by atoms with van der Waals surface area (Å²) in [5.41, 5.74) is -4.25. The third kappa shape index (κ3) is 7.46. The Morgan fingerprint density at radius 3 is 2.40 bits per heavy atom. The van der Waals surface area contributed by atoms with Gasteiger partial charge in [-0.25, -0.2) is 4.39 Å². The van der Waals surface area contributed by atoms with Crippen molar-refractivity contribution in [2.45, 2.75) is 74.4 Å². The van der Waals surface area contributed by atoms with Gasteiger partial charge < -0.3 is 24.7 Å². The molecule has 0 aliphatic heterocycles. The van der Waals surface area contributed by atoms with Crippen molar-refractivity contribution in [2.75, 3.05) is 12.4 Å². The highest BCUT2D eigenvalue weighted by molar-refractivity contribution is 7.92. The fraction of sp³-hybridized carbons (Fsp3) is 0.444. The highest BCUT2D eigenvalue weighted by atomic mass is 32.2. The van der Waals surface area contributed by atoms with Crippen molar-refractivity contribution in [1.29, 1.82) is 0 Å². The SMILES string of the molecule is COc1cc(F)c(-c2ccc([C@@H]3CC3C(=O)OC(C)(C)C)nc2)cc1C(=O)NC1C2CCC(C2)C1C(=O)Nc1cccc([S+]([O-])C(F)(F)F)c1. The fourth-order valence-electron chi connectivity index (χ4n) is 7.22. The van der Waals surface area contributed by atoms with Gasteiger partial charge in [0.2, 0.25) is 5.91 Å². The van der Waals surface area contributed by atoms with Crippen LogP contribution in [-0.4, -0.2) is 51.6 Å². The minimum absolute atomic E-state index is 0.00912. The van der Waals surface area contributed by atoms with E-state index in [0.717, 1.165) is 31.0 Å². The number of alkyl halides is 3. The summed E-state index contributed by atoms with van der Waals surface area (Å²) in [5.74, 6) is -3.13. The van der Waals surface area contributed by atoms with Gasteiger partial charge >= 0.3 is 11.5 Å². The van der Waals surface area contributed by atoms with Crippen LogP contribution in [0, 0.1) is 29.5 Å². The topological polar surface area (TPSA) is 130 Å². The third-order valence-electron chi connectivity index (χ3n) is 9.55. The van der Waals surface area contributed by atoms with Gasteiger partial charge in [0.25, 0.3) is 5.91 Å². The Morgan fingerprint density at radius 1 is 1.00 bits per heavy atom. The molecule has 3 fully saturated rings. The zero-order valence-electron chi connectivity index (χ0n) is 27.8. The Morgan fingerprint density at radius 2 is 1.74 bits per heavy atom. The summed E-state index contributed by atoms with van der Waals surface area (Å²) in [4.78, 5) is 43.8. The Hall–Kier alpha value is -4.17. The maximum absolute atomic E-state index is 15.4. The van der Waals surface area contributed by atoms with Gasteiger partial charge in [0, 0.05) is 52.8 Å². The minimum atomic E-state index is -4.95. The van der Waals surface area contributed by atoms with Gasteiger partial charge in [-0.2, -0.15) is 0 Å². The monoisotopic (exact) mass is 715 g/mol. The lowest BCUT2D eigenvalue weighted by atomic mass is 9.83. The Kier molecular flexibility index (Phi) is 9.64. The molecule has 2 aromatic carbocycles. The van der Waals surface area contributed by atoms with Crippen molar-refractivity contribution < 1.29 is 46.0 Å². The smallest absolute Gasteiger partial charge is 0.578 e. The van der Waals surface area contributed by atoms with E-state index in [-0.39, 0.29) is 52.2 Å². The standard InChI is InChI=1S/C36H37F4N3O6S/c1-35(2,3)49-34(46)25-15-24(25)28-11-10-20(17-41-28)23-14-26(29(48-4)16-27(23)37)32(44)43-31-19-9-8-18(12-19)30(31)33(45)42-21-6-5-7-22(13-21)50(47)36(38,39)40/h5-7,10-11,13-14,16-19,24-25,30-31H,8-9,12,15H2,1-4H3,(H,42,45)(H,43,44)/t18?,19?,24-,25?,30?,31?,50?/m1/s1. The second-order valence-corrected chi connectivity index (χ2v) is 15.5. The number of hydrogen-bond donors (Lipinski definition) is 2. The molecule has 3 saturated carbocycles. The molecule has 2 bridgehead atoms. The average molecular weight is 716 g/mol. The molecule has 6 rings (SSSR count). The highest BCUT2D eigenvalue weighted by Crippen LogP contribution is 2.50. The van der Waals surface area contributed by atoms with E-state index in [0.29, 0.717) is 24.1 Å². The summed E-state index contributed by atoms with van der Waals surface area (Å²) in [6.07, 6.45) is 4.30. The molecule has 266 valence electrons. The first-order chi connectivity index (χ1) is 23.5. The minimum Gasteiger partial charge on any atom is -0.604 e. The maximum atomic E-state index is 15.4. The first-order valence-corrected chi connectivity index (χ1v) is 17.5. The molecule has 0 spiro atoms. The number of esters is 1. The van der Waals surface area contributed by atoms with Gasteiger partial charge in [-0.05, 0) is 82.6 Å². The van der Waals surface area contributed by atoms with Crippen molar-refractivity contribution in [1.82, 2.24) is 10.3 Å². The van der Waals surface area contributed by atoms with E-state index in [1.54, 1.807) is 32.9 Å². The maximum Gasteiger partial charge on any atom is 0.578 e. The molecule has 50 heavy (non-hydrogen) atoms. The molecule has 6 unspecified atom stereocenters. The molecule has 1 heterocycles. The molecule has 2 N–H and O–H groups in total. The van der Waals surface area contributed by atoms with E-state index in [1.807, 2.05) is 0 Å². The Balaban J connectivity index is 1.18. The van der Waals surface area contributed by atoms with E-state index in [9.17, 15) is 32.1 Å². The molecule has 14 heteroatoms. The van der Waals surface area contributed by atoms with E-state index < -0.39 is 56.8 Å². The molecule has 1 aromatic heterocycles. The normalized spacial score (nSPS) is 24.7. The number of carbonyl (C=O) groups is 3. The van der Waals surface area contributed by atoms with Crippen LogP contribution in [-0.2, 0) is 25.5 Å². The largest absolute Gasteiger partial charge is 0.604 e. The molecule has 3 aliphatic carbocycles. The summed E-state index contributed by atoms with van der Waals surface area (Å²) in [6.45, 7) is 5.42. The van der Waals surface area contributed by atoms with Crippen LogP contribution in [0.5, 0.6) is 5.75 Å². The first-order valence-electron chi connectivity index (χ1n) is 16.3. The zero-order valence-corrected chi connectivity index (χ0v) is 28.6. The summed E-state index contributed by atoms with van der Waals surface area (Å²) < 4.78 is 77.2. The predicted octanol–water partition coefficient (Wildman–Crippen LogP) is 6.75. The number of benzene rings is 2. The van der Waals surface area contributed by atoms with E-state index >= 15 is 4.39 Å². The predicted molar refractivity (Wildman–Crippen MR) is 176 cm³/mol. The molecule has 7 atom stereocenters. The van der Waals surface area contributed by atoms with E-state index in [2.05, 4.69) is 15.6 Å². The Bertz CT molecular complexity index is 1800. The number of ether oxygens (including phenoxy) is 2. The number of methoxy groups -OCH3 is 1. The van der Waals surface area contributed by atoms with Crippen LogP contribution < -0.4 is 15.4 Å². The summed E-state index contributed by atoms with van der Waals surface area (Å²) in [7, 11) is 1.31. The highest BCUT2D eigenvalue weighted by Gasteiger charge is 2.52. The van der Waals surface area contributed by atoms with Crippen molar-refractivity contribution in [3.8, 4) is 16.9 Å². The number of nitrogens with zero attached hydrogens (tertiary/aromatic N) is 1. The molecular weight excluding hydrogens is 678 g/mol. The van der Waals surface area contributed by atoms with Crippen molar-refractivity contribution in [3.63, 3.8) is 0 Å². The van der Waals surface area contributed by atoms with Crippen LogP contribution in [0.15, 0.2) is 59.6 Å².